The van der Waals surface area contributed by atoms with Gasteiger partial charge in [0.25, 0.3) is 0 Å². The second-order valence-electron chi connectivity index (χ2n) is 8.47. The van der Waals surface area contributed by atoms with Crippen molar-refractivity contribution in [1.82, 2.24) is 15.0 Å². The van der Waals surface area contributed by atoms with Crippen molar-refractivity contribution in [2.24, 2.45) is 0 Å². The van der Waals surface area contributed by atoms with Crippen molar-refractivity contribution in [2.75, 3.05) is 5.32 Å². The monoisotopic (exact) mass is 414 g/mol. The highest BCUT2D eigenvalue weighted by Crippen LogP contribution is 2.45. The van der Waals surface area contributed by atoms with E-state index in [1.807, 2.05) is 64.1 Å². The van der Waals surface area contributed by atoms with Crippen LogP contribution in [0.5, 0.6) is 0 Å². The minimum absolute atomic E-state index is 0.0846. The first-order chi connectivity index (χ1) is 14.8. The highest BCUT2D eigenvalue weighted by atomic mass is 16.2. The molecule has 2 atom stereocenters. The normalized spacial score (nSPS) is 18.4. The lowest BCUT2D eigenvalue weighted by molar-refractivity contribution is -0.120. The molecule has 0 saturated carbocycles. The summed E-state index contributed by atoms with van der Waals surface area (Å²) in [5.74, 6) is 0.489. The molecule has 0 aliphatic carbocycles. The SMILES string of the molecule is Cc1cc(CCC(=O)c2ccc([C@@H](C)[C@@]3(C)C(=O)Nc4ncncc43)cc2)cc(C)n1. The first kappa shape index (κ1) is 20.8. The van der Waals surface area contributed by atoms with Gasteiger partial charge in [0.2, 0.25) is 5.91 Å². The molecule has 31 heavy (non-hydrogen) atoms. The van der Waals surface area contributed by atoms with Crippen LogP contribution in [0.2, 0.25) is 0 Å². The number of hydrogen-bond acceptors (Lipinski definition) is 5. The second kappa shape index (κ2) is 8.02. The molecule has 1 amide bonds. The minimum atomic E-state index is -0.765. The number of Topliss-reactive ketones (excluding diaryl/α,β-unsaturated/α-hetero) is 1. The van der Waals surface area contributed by atoms with Gasteiger partial charge >= 0.3 is 0 Å². The van der Waals surface area contributed by atoms with Crippen LogP contribution < -0.4 is 5.32 Å². The Kier molecular flexibility index (Phi) is 5.39. The maximum absolute atomic E-state index is 12.8. The number of rotatable bonds is 6. The summed E-state index contributed by atoms with van der Waals surface area (Å²) in [4.78, 5) is 38.2. The first-order valence-electron chi connectivity index (χ1n) is 10.5. The largest absolute Gasteiger partial charge is 0.310 e. The van der Waals surface area contributed by atoms with Gasteiger partial charge in [-0.25, -0.2) is 9.97 Å². The van der Waals surface area contributed by atoms with E-state index in [0.717, 1.165) is 28.1 Å². The lowest BCUT2D eigenvalue weighted by atomic mass is 9.71. The van der Waals surface area contributed by atoms with E-state index in [0.29, 0.717) is 24.2 Å². The van der Waals surface area contributed by atoms with E-state index in [1.54, 1.807) is 6.20 Å². The number of aryl methyl sites for hydroxylation is 3. The Bertz CT molecular complexity index is 1140. The highest BCUT2D eigenvalue weighted by molar-refractivity contribution is 6.05. The molecule has 0 radical (unpaired) electrons. The maximum atomic E-state index is 12.8. The third-order valence-corrected chi connectivity index (χ3v) is 6.36. The topological polar surface area (TPSA) is 84.8 Å². The molecule has 1 aliphatic heterocycles. The number of anilines is 1. The zero-order valence-corrected chi connectivity index (χ0v) is 18.3. The first-order valence-corrected chi connectivity index (χ1v) is 10.5. The summed E-state index contributed by atoms with van der Waals surface area (Å²) < 4.78 is 0. The van der Waals surface area contributed by atoms with Crippen molar-refractivity contribution in [1.29, 1.82) is 0 Å². The molecule has 6 nitrogen and oxygen atoms in total. The number of carbonyl (C=O) groups is 2. The summed E-state index contributed by atoms with van der Waals surface area (Å²) in [5, 5.41) is 2.86. The van der Waals surface area contributed by atoms with Gasteiger partial charge < -0.3 is 5.32 Å². The number of fused-ring (bicyclic) bond motifs is 1. The van der Waals surface area contributed by atoms with Crippen LogP contribution in [-0.2, 0) is 16.6 Å². The third kappa shape index (κ3) is 3.85. The number of ketones is 1. The Morgan fingerprint density at radius 2 is 1.81 bits per heavy atom. The average molecular weight is 415 g/mol. The highest BCUT2D eigenvalue weighted by Gasteiger charge is 2.48. The molecule has 0 spiro atoms. The van der Waals surface area contributed by atoms with Crippen molar-refractivity contribution in [3.8, 4) is 0 Å². The van der Waals surface area contributed by atoms with Gasteiger partial charge in [-0.1, -0.05) is 31.2 Å². The van der Waals surface area contributed by atoms with Crippen LogP contribution in [0.1, 0.15) is 64.6 Å². The van der Waals surface area contributed by atoms with Crippen LogP contribution in [0.25, 0.3) is 0 Å². The van der Waals surface area contributed by atoms with Crippen LogP contribution in [0.3, 0.4) is 0 Å². The van der Waals surface area contributed by atoms with E-state index in [2.05, 4.69) is 20.3 Å². The number of nitrogens with one attached hydrogen (secondary N) is 1. The number of carbonyl (C=O) groups excluding carboxylic acids is 2. The van der Waals surface area contributed by atoms with Crippen LogP contribution >= 0.6 is 0 Å². The quantitative estimate of drug-likeness (QED) is 0.607. The molecule has 0 bridgehead atoms. The number of hydrogen-bond donors (Lipinski definition) is 1. The Hall–Kier alpha value is -3.41. The van der Waals surface area contributed by atoms with E-state index in [-0.39, 0.29) is 17.6 Å². The molecule has 0 saturated heterocycles. The molecule has 158 valence electrons. The fourth-order valence-electron chi connectivity index (χ4n) is 4.36. The number of pyridine rings is 1. The van der Waals surface area contributed by atoms with Gasteiger partial charge in [0.05, 0.1) is 5.41 Å². The molecule has 2 aromatic heterocycles. The molecule has 0 fully saturated rings. The van der Waals surface area contributed by atoms with Crippen molar-refractivity contribution in [3.05, 3.63) is 82.6 Å². The Labute approximate surface area is 182 Å². The summed E-state index contributed by atoms with van der Waals surface area (Å²) in [5.41, 5.74) is 4.78. The van der Waals surface area contributed by atoms with Crippen LogP contribution in [-0.4, -0.2) is 26.6 Å². The van der Waals surface area contributed by atoms with Gasteiger partial charge in [-0.2, -0.15) is 0 Å². The fraction of sp³-hybridized carbons (Fsp3) is 0.320. The number of aromatic nitrogens is 3. The summed E-state index contributed by atoms with van der Waals surface area (Å²) in [6, 6.07) is 11.7. The lowest BCUT2D eigenvalue weighted by Crippen LogP contribution is -2.36. The molecule has 3 heterocycles. The molecule has 6 heteroatoms. The van der Waals surface area contributed by atoms with Gasteiger partial charge in [0.15, 0.2) is 5.78 Å². The van der Waals surface area contributed by atoms with Crippen LogP contribution in [0, 0.1) is 13.8 Å². The fourth-order valence-corrected chi connectivity index (χ4v) is 4.36. The van der Waals surface area contributed by atoms with Gasteiger partial charge in [-0.3, -0.25) is 14.6 Å². The Balaban J connectivity index is 1.49. The molecule has 1 aromatic carbocycles. The summed E-state index contributed by atoms with van der Waals surface area (Å²) >= 11 is 0. The molecule has 1 N–H and O–H groups in total. The van der Waals surface area contributed by atoms with Crippen molar-refractivity contribution in [3.63, 3.8) is 0 Å². The maximum Gasteiger partial charge on any atom is 0.236 e. The van der Waals surface area contributed by atoms with Crippen LogP contribution in [0.15, 0.2) is 48.9 Å². The minimum Gasteiger partial charge on any atom is -0.310 e. The average Bonchev–Trinajstić information content (AvgIpc) is 3.02. The van der Waals surface area contributed by atoms with Gasteiger partial charge in [0.1, 0.15) is 12.1 Å². The molecule has 3 aromatic rings. The predicted molar refractivity (Wildman–Crippen MR) is 119 cm³/mol. The van der Waals surface area contributed by atoms with Gasteiger partial charge in [-0.15, -0.1) is 0 Å². The van der Waals surface area contributed by atoms with E-state index in [4.69, 9.17) is 0 Å². The molecule has 0 unspecified atom stereocenters. The molecule has 4 rings (SSSR count). The molecule has 1 aliphatic rings. The van der Waals surface area contributed by atoms with E-state index >= 15 is 0 Å². The Morgan fingerprint density at radius 3 is 2.48 bits per heavy atom. The zero-order chi connectivity index (χ0) is 22.2. The van der Waals surface area contributed by atoms with Crippen LogP contribution in [0.4, 0.5) is 5.82 Å². The van der Waals surface area contributed by atoms with Gasteiger partial charge in [0, 0.05) is 35.1 Å². The Morgan fingerprint density at radius 1 is 1.13 bits per heavy atom. The number of amides is 1. The number of benzene rings is 1. The number of nitrogens with zero attached hydrogens (tertiary/aromatic N) is 3. The zero-order valence-electron chi connectivity index (χ0n) is 18.3. The van der Waals surface area contributed by atoms with E-state index < -0.39 is 5.41 Å². The van der Waals surface area contributed by atoms with Crippen molar-refractivity contribution < 1.29 is 9.59 Å². The van der Waals surface area contributed by atoms with Crippen molar-refractivity contribution >= 4 is 17.5 Å². The molecular weight excluding hydrogens is 388 g/mol. The molecular formula is C25H26N4O2. The smallest absolute Gasteiger partial charge is 0.236 e. The standard InChI is InChI=1S/C25H26N4O2/c1-15-11-18(12-16(2)28-15)5-10-22(30)20-8-6-19(7-9-20)17(3)25(4)21-13-26-14-27-23(21)29-24(25)31/h6-9,11-14,17H,5,10H2,1-4H3,(H,26,27,29,31)/t17-,25-/m1/s1. The summed E-state index contributed by atoms with van der Waals surface area (Å²) in [6.45, 7) is 7.87. The van der Waals surface area contributed by atoms with E-state index in [9.17, 15) is 9.59 Å². The summed E-state index contributed by atoms with van der Waals surface area (Å²) in [6.07, 6.45) is 4.28. The lowest BCUT2D eigenvalue weighted by Gasteiger charge is -2.29. The summed E-state index contributed by atoms with van der Waals surface area (Å²) in [7, 11) is 0. The predicted octanol–water partition coefficient (Wildman–Crippen LogP) is 4.32. The second-order valence-corrected chi connectivity index (χ2v) is 8.47. The van der Waals surface area contributed by atoms with Gasteiger partial charge in [-0.05, 0) is 56.4 Å². The van der Waals surface area contributed by atoms with Crippen molar-refractivity contribution in [2.45, 2.75) is 51.9 Å². The van der Waals surface area contributed by atoms with E-state index in [1.165, 1.54) is 6.33 Å². The third-order valence-electron chi connectivity index (χ3n) is 6.36.